The van der Waals surface area contributed by atoms with E-state index in [0.29, 0.717) is 5.92 Å². The minimum atomic E-state index is -0.109. The standard InChI is InChI=1S/C23H33NO/c1-17(2)22(21-15-11-12-18(3)16-21)24(23(5,6)7)25-19(4)20-13-9-8-10-14-20/h8-17,19,22H,1-7H3. The van der Waals surface area contributed by atoms with Crippen molar-refractivity contribution >= 4 is 0 Å². The van der Waals surface area contributed by atoms with Gasteiger partial charge in [-0.1, -0.05) is 74.0 Å². The largest absolute Gasteiger partial charge is 0.290 e. The first-order chi connectivity index (χ1) is 11.7. The summed E-state index contributed by atoms with van der Waals surface area (Å²) in [4.78, 5) is 6.55. The molecule has 0 fully saturated rings. The molecule has 0 saturated carbocycles. The van der Waals surface area contributed by atoms with E-state index >= 15 is 0 Å². The first kappa shape index (κ1) is 19.7. The summed E-state index contributed by atoms with van der Waals surface area (Å²) >= 11 is 0. The molecule has 2 heteroatoms. The van der Waals surface area contributed by atoms with Gasteiger partial charge in [0.15, 0.2) is 0 Å². The number of hydroxylamine groups is 2. The fourth-order valence-electron chi connectivity index (χ4n) is 3.24. The van der Waals surface area contributed by atoms with Gasteiger partial charge in [0, 0.05) is 5.54 Å². The van der Waals surface area contributed by atoms with E-state index in [9.17, 15) is 0 Å². The minimum Gasteiger partial charge on any atom is -0.290 e. The Morgan fingerprint density at radius 3 is 1.96 bits per heavy atom. The maximum Gasteiger partial charge on any atom is 0.102 e. The molecule has 2 aromatic carbocycles. The number of rotatable bonds is 6. The van der Waals surface area contributed by atoms with Crippen molar-refractivity contribution in [3.05, 3.63) is 71.3 Å². The van der Waals surface area contributed by atoms with Crippen LogP contribution in [0.1, 0.15) is 70.4 Å². The maximum atomic E-state index is 6.55. The Labute approximate surface area is 153 Å². The Bertz CT molecular complexity index is 657. The van der Waals surface area contributed by atoms with Crippen LogP contribution in [0.3, 0.4) is 0 Å². The van der Waals surface area contributed by atoms with E-state index in [-0.39, 0.29) is 17.7 Å². The summed E-state index contributed by atoms with van der Waals surface area (Å²) in [5, 5.41) is 2.20. The third kappa shape index (κ3) is 5.17. The van der Waals surface area contributed by atoms with Gasteiger partial charge in [0.25, 0.3) is 0 Å². The predicted octanol–water partition coefficient (Wildman–Crippen LogP) is 6.49. The third-order valence-corrected chi connectivity index (χ3v) is 4.47. The van der Waals surface area contributed by atoms with Gasteiger partial charge < -0.3 is 0 Å². The lowest BCUT2D eigenvalue weighted by molar-refractivity contribution is -0.272. The van der Waals surface area contributed by atoms with Crippen molar-refractivity contribution in [3.63, 3.8) is 0 Å². The van der Waals surface area contributed by atoms with E-state index in [1.54, 1.807) is 0 Å². The highest BCUT2D eigenvalue weighted by Crippen LogP contribution is 2.37. The van der Waals surface area contributed by atoms with Gasteiger partial charge in [0.05, 0.1) is 6.04 Å². The molecule has 2 aromatic rings. The maximum absolute atomic E-state index is 6.55. The Morgan fingerprint density at radius 1 is 0.840 bits per heavy atom. The number of hydrogen-bond donors (Lipinski definition) is 0. The number of hydrogen-bond acceptors (Lipinski definition) is 2. The molecule has 2 atom stereocenters. The highest BCUT2D eigenvalue weighted by Gasteiger charge is 2.34. The molecule has 0 bridgehead atoms. The second kappa shape index (κ2) is 8.16. The quantitative estimate of drug-likeness (QED) is 0.558. The van der Waals surface area contributed by atoms with Gasteiger partial charge in [-0.15, -0.1) is 0 Å². The first-order valence-electron chi connectivity index (χ1n) is 9.27. The van der Waals surface area contributed by atoms with Crippen molar-refractivity contribution in [3.8, 4) is 0 Å². The van der Waals surface area contributed by atoms with Crippen LogP contribution in [-0.2, 0) is 4.84 Å². The normalized spacial score (nSPS) is 14.8. The Balaban J connectivity index is 2.37. The molecule has 2 unspecified atom stereocenters. The highest BCUT2D eigenvalue weighted by atomic mass is 16.7. The lowest BCUT2D eigenvalue weighted by Gasteiger charge is -2.44. The molecular formula is C23H33NO. The molecule has 0 aliphatic heterocycles. The molecule has 0 aliphatic rings. The van der Waals surface area contributed by atoms with E-state index in [1.165, 1.54) is 16.7 Å². The molecule has 25 heavy (non-hydrogen) atoms. The van der Waals surface area contributed by atoms with E-state index in [1.807, 2.05) is 6.07 Å². The summed E-state index contributed by atoms with van der Waals surface area (Å²) in [6.07, 6.45) is 0.00600. The van der Waals surface area contributed by atoms with E-state index in [0.717, 1.165) is 0 Å². The van der Waals surface area contributed by atoms with Crippen molar-refractivity contribution in [1.82, 2.24) is 5.06 Å². The summed E-state index contributed by atoms with van der Waals surface area (Å²) in [6, 6.07) is 19.4. The number of nitrogens with zero attached hydrogens (tertiary/aromatic N) is 1. The van der Waals surface area contributed by atoms with E-state index < -0.39 is 0 Å². The molecule has 2 rings (SSSR count). The third-order valence-electron chi connectivity index (χ3n) is 4.47. The zero-order chi connectivity index (χ0) is 18.6. The molecule has 0 aromatic heterocycles. The van der Waals surface area contributed by atoms with Gasteiger partial charge in [-0.3, -0.25) is 4.84 Å². The van der Waals surface area contributed by atoms with Gasteiger partial charge in [-0.25, -0.2) is 0 Å². The van der Waals surface area contributed by atoms with Crippen LogP contribution < -0.4 is 0 Å². The van der Waals surface area contributed by atoms with Crippen LogP contribution in [0.5, 0.6) is 0 Å². The van der Waals surface area contributed by atoms with Crippen LogP contribution in [0.25, 0.3) is 0 Å². The first-order valence-corrected chi connectivity index (χ1v) is 9.27. The fourth-order valence-corrected chi connectivity index (χ4v) is 3.24. The summed E-state index contributed by atoms with van der Waals surface area (Å²) in [7, 11) is 0. The van der Waals surface area contributed by atoms with Crippen LogP contribution in [-0.4, -0.2) is 10.6 Å². The second-order valence-electron chi connectivity index (χ2n) is 8.26. The Kier molecular flexibility index (Phi) is 6.42. The molecule has 136 valence electrons. The fraction of sp³-hybridized carbons (Fsp3) is 0.478. The topological polar surface area (TPSA) is 12.5 Å². The van der Waals surface area contributed by atoms with Gasteiger partial charge in [-0.05, 0) is 51.7 Å². The zero-order valence-electron chi connectivity index (χ0n) is 16.8. The van der Waals surface area contributed by atoms with Crippen molar-refractivity contribution in [2.45, 2.75) is 66.2 Å². The lowest BCUT2D eigenvalue weighted by atomic mass is 9.91. The van der Waals surface area contributed by atoms with E-state index in [2.05, 4.69) is 102 Å². The smallest absolute Gasteiger partial charge is 0.102 e. The van der Waals surface area contributed by atoms with Crippen molar-refractivity contribution in [2.24, 2.45) is 5.92 Å². The van der Waals surface area contributed by atoms with Crippen molar-refractivity contribution < 1.29 is 4.84 Å². The monoisotopic (exact) mass is 339 g/mol. The number of aryl methyl sites for hydroxylation is 1. The average Bonchev–Trinajstić information content (AvgIpc) is 2.54. The van der Waals surface area contributed by atoms with Crippen LogP contribution in [0.2, 0.25) is 0 Å². The SMILES string of the molecule is Cc1cccc(C(C(C)C)N(OC(C)c2ccccc2)C(C)(C)C)c1. The summed E-state index contributed by atoms with van der Waals surface area (Å²) in [6.45, 7) is 15.5. The summed E-state index contributed by atoms with van der Waals surface area (Å²) < 4.78 is 0. The Morgan fingerprint density at radius 2 is 1.44 bits per heavy atom. The van der Waals surface area contributed by atoms with Gasteiger partial charge >= 0.3 is 0 Å². The summed E-state index contributed by atoms with van der Waals surface area (Å²) in [5.41, 5.74) is 3.68. The molecule has 0 saturated heterocycles. The highest BCUT2D eigenvalue weighted by molar-refractivity contribution is 5.26. The van der Waals surface area contributed by atoms with Crippen molar-refractivity contribution in [2.75, 3.05) is 0 Å². The summed E-state index contributed by atoms with van der Waals surface area (Å²) in [5.74, 6) is 0.434. The van der Waals surface area contributed by atoms with Crippen LogP contribution in [0.15, 0.2) is 54.6 Å². The lowest BCUT2D eigenvalue weighted by Crippen LogP contribution is -2.46. The molecule has 0 radical (unpaired) electrons. The molecule has 0 amide bonds. The molecule has 0 aliphatic carbocycles. The predicted molar refractivity (Wildman–Crippen MR) is 106 cm³/mol. The second-order valence-corrected chi connectivity index (χ2v) is 8.26. The van der Waals surface area contributed by atoms with Crippen LogP contribution in [0, 0.1) is 12.8 Å². The van der Waals surface area contributed by atoms with Crippen LogP contribution >= 0.6 is 0 Å². The molecule has 2 nitrogen and oxygen atoms in total. The molecular weight excluding hydrogens is 306 g/mol. The van der Waals surface area contributed by atoms with Gasteiger partial charge in [-0.2, -0.15) is 5.06 Å². The number of benzene rings is 2. The van der Waals surface area contributed by atoms with E-state index in [4.69, 9.17) is 4.84 Å². The molecule has 0 heterocycles. The average molecular weight is 340 g/mol. The Hall–Kier alpha value is -1.64. The minimum absolute atomic E-state index is 0.00600. The van der Waals surface area contributed by atoms with Gasteiger partial charge in [0.1, 0.15) is 6.10 Å². The molecule has 0 N–H and O–H groups in total. The van der Waals surface area contributed by atoms with Crippen molar-refractivity contribution in [1.29, 1.82) is 0 Å². The van der Waals surface area contributed by atoms with Crippen LogP contribution in [0.4, 0.5) is 0 Å². The van der Waals surface area contributed by atoms with Gasteiger partial charge in [0.2, 0.25) is 0 Å². The molecule has 0 spiro atoms. The zero-order valence-corrected chi connectivity index (χ0v) is 16.8.